The maximum Gasteiger partial charge on any atom is 0.263 e. The second kappa shape index (κ2) is 4.91. The van der Waals surface area contributed by atoms with Crippen LogP contribution >= 0.6 is 11.6 Å². The van der Waals surface area contributed by atoms with Crippen molar-refractivity contribution in [2.45, 2.75) is 11.8 Å². The molecule has 0 radical (unpaired) electrons. The molecule has 0 aromatic carbocycles. The number of nitrogens with zero attached hydrogens (tertiary/aromatic N) is 2. The zero-order chi connectivity index (χ0) is 13.2. The molecule has 0 aliphatic rings. The predicted octanol–water partition coefficient (Wildman–Crippen LogP) is 2.24. The molecule has 5 nitrogen and oxygen atoms in total. The summed E-state index contributed by atoms with van der Waals surface area (Å²) in [6.45, 7) is 1.78. The van der Waals surface area contributed by atoms with Crippen molar-refractivity contribution in [1.29, 1.82) is 0 Å². The van der Waals surface area contributed by atoms with E-state index in [0.717, 1.165) is 5.69 Å². The number of pyridine rings is 2. The topological polar surface area (TPSA) is 72.0 Å². The highest BCUT2D eigenvalue weighted by atomic mass is 35.5. The molecule has 0 amide bonds. The molecule has 2 aromatic rings. The Morgan fingerprint density at radius 2 is 2.06 bits per heavy atom. The minimum absolute atomic E-state index is 0.0470. The molecule has 0 spiro atoms. The van der Waals surface area contributed by atoms with Gasteiger partial charge >= 0.3 is 0 Å². The molecule has 0 saturated carbocycles. The molecule has 0 atom stereocenters. The first-order valence-corrected chi connectivity index (χ1v) is 6.91. The molecule has 2 aromatic heterocycles. The summed E-state index contributed by atoms with van der Waals surface area (Å²) >= 11 is 5.66. The molecule has 0 bridgehead atoms. The lowest BCUT2D eigenvalue weighted by atomic mass is 10.4. The summed E-state index contributed by atoms with van der Waals surface area (Å²) in [6, 6.07) is 7.72. The number of halogens is 1. The van der Waals surface area contributed by atoms with Gasteiger partial charge in [-0.05, 0) is 31.2 Å². The van der Waals surface area contributed by atoms with Gasteiger partial charge in [-0.25, -0.2) is 18.4 Å². The van der Waals surface area contributed by atoms with E-state index in [4.69, 9.17) is 11.6 Å². The highest BCUT2D eigenvalue weighted by Crippen LogP contribution is 2.16. The highest BCUT2D eigenvalue weighted by Gasteiger charge is 2.15. The Hall–Kier alpha value is -1.66. The fourth-order valence-electron chi connectivity index (χ4n) is 1.35. The summed E-state index contributed by atoms with van der Waals surface area (Å²) in [5.74, 6) is 0.267. The van der Waals surface area contributed by atoms with Crippen molar-refractivity contribution >= 4 is 27.4 Å². The molecule has 0 fully saturated rings. The van der Waals surface area contributed by atoms with Gasteiger partial charge in [0.25, 0.3) is 10.0 Å². The molecule has 2 rings (SSSR count). The van der Waals surface area contributed by atoms with E-state index < -0.39 is 10.0 Å². The van der Waals surface area contributed by atoms with Crippen LogP contribution in [0.3, 0.4) is 0 Å². The van der Waals surface area contributed by atoms with Crippen LogP contribution < -0.4 is 4.72 Å². The van der Waals surface area contributed by atoms with E-state index in [1.807, 2.05) is 0 Å². The Morgan fingerprint density at radius 3 is 2.72 bits per heavy atom. The molecule has 0 aliphatic carbocycles. The molecule has 2 heterocycles. The van der Waals surface area contributed by atoms with Crippen molar-refractivity contribution in [2.24, 2.45) is 0 Å². The Balaban J connectivity index is 2.33. The van der Waals surface area contributed by atoms with Gasteiger partial charge in [0.15, 0.2) is 0 Å². The number of aromatic nitrogens is 2. The van der Waals surface area contributed by atoms with Gasteiger partial charge in [-0.15, -0.1) is 0 Å². The summed E-state index contributed by atoms with van der Waals surface area (Å²) in [5, 5.41) is 0.120. The molecule has 0 unspecified atom stereocenters. The minimum Gasteiger partial charge on any atom is -0.263 e. The number of anilines is 1. The molecular weight excluding hydrogens is 274 g/mol. The number of aryl methyl sites for hydroxylation is 1. The quantitative estimate of drug-likeness (QED) is 0.877. The first-order valence-electron chi connectivity index (χ1n) is 5.05. The van der Waals surface area contributed by atoms with Crippen molar-refractivity contribution in [3.63, 3.8) is 0 Å². The average Bonchev–Trinajstić information content (AvgIpc) is 2.28. The van der Waals surface area contributed by atoms with Crippen LogP contribution in [0.1, 0.15) is 5.69 Å². The fourth-order valence-corrected chi connectivity index (χ4v) is 2.60. The van der Waals surface area contributed by atoms with Crippen molar-refractivity contribution in [2.75, 3.05) is 4.72 Å². The predicted molar refractivity (Wildman–Crippen MR) is 69.0 cm³/mol. The first-order chi connectivity index (χ1) is 8.47. The molecule has 18 heavy (non-hydrogen) atoms. The van der Waals surface area contributed by atoms with Gasteiger partial charge < -0.3 is 0 Å². The van der Waals surface area contributed by atoms with Crippen LogP contribution in [0.25, 0.3) is 0 Å². The van der Waals surface area contributed by atoms with Crippen molar-refractivity contribution in [3.8, 4) is 0 Å². The molecule has 1 N–H and O–H groups in total. The van der Waals surface area contributed by atoms with E-state index >= 15 is 0 Å². The average molecular weight is 284 g/mol. The number of hydrogen-bond donors (Lipinski definition) is 1. The third-order valence-corrected chi connectivity index (χ3v) is 3.69. The van der Waals surface area contributed by atoms with E-state index in [9.17, 15) is 8.42 Å². The van der Waals surface area contributed by atoms with Crippen molar-refractivity contribution < 1.29 is 8.42 Å². The van der Waals surface area contributed by atoms with Gasteiger partial charge in [-0.2, -0.15) is 0 Å². The third kappa shape index (κ3) is 2.96. The van der Waals surface area contributed by atoms with Gasteiger partial charge in [-0.3, -0.25) is 4.72 Å². The fraction of sp³-hybridized carbons (Fsp3) is 0.0909. The summed E-state index contributed by atoms with van der Waals surface area (Å²) < 4.78 is 26.4. The monoisotopic (exact) mass is 283 g/mol. The van der Waals surface area contributed by atoms with Gasteiger partial charge in [0, 0.05) is 11.9 Å². The molecule has 0 aliphatic heterocycles. The van der Waals surface area contributed by atoms with Gasteiger partial charge in [0.05, 0.1) is 4.90 Å². The lowest BCUT2D eigenvalue weighted by molar-refractivity contribution is 0.601. The molecule has 7 heteroatoms. The van der Waals surface area contributed by atoms with Crippen LogP contribution in [-0.4, -0.2) is 18.4 Å². The van der Waals surface area contributed by atoms with Crippen molar-refractivity contribution in [1.82, 2.24) is 9.97 Å². The van der Waals surface area contributed by atoms with Gasteiger partial charge in [-0.1, -0.05) is 17.7 Å². The number of sulfonamides is 1. The van der Waals surface area contributed by atoms with Crippen LogP contribution in [0, 0.1) is 6.92 Å². The summed E-state index contributed by atoms with van der Waals surface area (Å²) in [4.78, 5) is 7.85. The van der Waals surface area contributed by atoms with Crippen LogP contribution in [0.4, 0.5) is 5.82 Å². The zero-order valence-corrected chi connectivity index (χ0v) is 11.0. The van der Waals surface area contributed by atoms with E-state index in [2.05, 4.69) is 14.7 Å². The third-order valence-electron chi connectivity index (χ3n) is 2.14. The van der Waals surface area contributed by atoms with E-state index in [-0.39, 0.29) is 15.9 Å². The van der Waals surface area contributed by atoms with Crippen LogP contribution in [0.2, 0.25) is 5.15 Å². The Labute approximate surface area is 110 Å². The lowest BCUT2D eigenvalue weighted by Crippen LogP contribution is -2.14. The highest BCUT2D eigenvalue weighted by molar-refractivity contribution is 7.92. The Morgan fingerprint density at radius 1 is 1.28 bits per heavy atom. The minimum atomic E-state index is -3.69. The second-order valence-corrected chi connectivity index (χ2v) is 5.65. The normalized spacial score (nSPS) is 11.2. The maximum absolute atomic E-state index is 12.0. The van der Waals surface area contributed by atoms with Gasteiger partial charge in [0.2, 0.25) is 0 Å². The largest absolute Gasteiger partial charge is 0.263 e. The molecule has 0 saturated heterocycles. The SMILES string of the molecule is Cc1cccc(NS(=O)(=O)c2ccnc(Cl)c2)n1. The standard InChI is InChI=1S/C11H10ClN3O2S/c1-8-3-2-4-11(14-8)15-18(16,17)9-5-6-13-10(12)7-9/h2-7H,1H3,(H,14,15). The summed E-state index contributed by atoms with van der Waals surface area (Å²) in [5.41, 5.74) is 0.725. The number of hydrogen-bond acceptors (Lipinski definition) is 4. The van der Waals surface area contributed by atoms with E-state index in [1.165, 1.54) is 18.3 Å². The maximum atomic E-state index is 12.0. The summed E-state index contributed by atoms with van der Waals surface area (Å²) in [6.07, 6.45) is 1.33. The smallest absolute Gasteiger partial charge is 0.263 e. The van der Waals surface area contributed by atoms with Crippen molar-refractivity contribution in [3.05, 3.63) is 47.4 Å². The number of nitrogens with one attached hydrogen (secondary N) is 1. The van der Waals surface area contributed by atoms with Crippen LogP contribution in [-0.2, 0) is 10.0 Å². The van der Waals surface area contributed by atoms with Gasteiger partial charge in [0.1, 0.15) is 11.0 Å². The molecule has 94 valence electrons. The zero-order valence-electron chi connectivity index (χ0n) is 9.46. The first kappa shape index (κ1) is 12.8. The van der Waals surface area contributed by atoms with E-state index in [1.54, 1.807) is 25.1 Å². The van der Waals surface area contributed by atoms with Crippen LogP contribution in [0.15, 0.2) is 41.4 Å². The lowest BCUT2D eigenvalue weighted by Gasteiger charge is -2.07. The summed E-state index contributed by atoms with van der Waals surface area (Å²) in [7, 11) is -3.69. The Bertz CT molecular complexity index is 673. The van der Waals surface area contributed by atoms with E-state index in [0.29, 0.717) is 0 Å². The number of rotatable bonds is 3. The van der Waals surface area contributed by atoms with Crippen LogP contribution in [0.5, 0.6) is 0 Å². The molecular formula is C11H10ClN3O2S. The second-order valence-electron chi connectivity index (χ2n) is 3.58. The Kier molecular flexibility index (Phi) is 3.49.